The van der Waals surface area contributed by atoms with Gasteiger partial charge in [0, 0.05) is 50.4 Å². The van der Waals surface area contributed by atoms with Crippen molar-refractivity contribution in [1.29, 1.82) is 0 Å². The number of hydrogen-bond acceptors (Lipinski definition) is 15. The minimum absolute atomic E-state index is 0.0254. The van der Waals surface area contributed by atoms with Gasteiger partial charge in [-0.3, -0.25) is 20.2 Å². The molecule has 1 saturated heterocycles. The minimum atomic E-state index is -1.29. The molecule has 1 aromatic heterocycles. The van der Waals surface area contributed by atoms with E-state index in [0.717, 1.165) is 0 Å². The Bertz CT molecular complexity index is 1270. The number of aliphatic hydroxyl groups is 4. The summed E-state index contributed by atoms with van der Waals surface area (Å²) in [7, 11) is 0. The summed E-state index contributed by atoms with van der Waals surface area (Å²) in [5.41, 5.74) is 0.326. The maximum absolute atomic E-state index is 11.0. The molecule has 4 rings (SSSR count). The van der Waals surface area contributed by atoms with E-state index in [0.29, 0.717) is 37.3 Å². The quantitative estimate of drug-likeness (QED) is 0.104. The summed E-state index contributed by atoms with van der Waals surface area (Å²) in [5, 5.41) is 72.8. The largest absolute Gasteiger partial charge is 0.394 e. The van der Waals surface area contributed by atoms with Crippen LogP contribution >= 0.6 is 0 Å². The van der Waals surface area contributed by atoms with Crippen molar-refractivity contribution in [1.82, 2.24) is 20.3 Å². The molecule has 0 unspecified atom stereocenters. The van der Waals surface area contributed by atoms with E-state index in [1.807, 2.05) is 4.90 Å². The van der Waals surface area contributed by atoms with E-state index >= 15 is 0 Å². The Morgan fingerprint density at radius 3 is 1.52 bits per heavy atom. The molecule has 1 aliphatic heterocycles. The number of nitro benzene ring substituents is 2. The third-order valence-corrected chi connectivity index (χ3v) is 6.70. The number of hydrogen-bond donors (Lipinski definition) is 7. The fraction of sp³-hybridized carbons (Fsp3) is 0.400. The Morgan fingerprint density at radius 2 is 1.17 bits per heavy atom. The van der Waals surface area contributed by atoms with E-state index in [1.165, 1.54) is 48.5 Å². The molecule has 17 nitrogen and oxygen atoms in total. The normalized spacial score (nSPS) is 16.2. The van der Waals surface area contributed by atoms with Crippen molar-refractivity contribution in [3.63, 3.8) is 0 Å². The van der Waals surface area contributed by atoms with Crippen LogP contribution < -0.4 is 20.9 Å². The van der Waals surface area contributed by atoms with E-state index in [9.17, 15) is 40.7 Å². The van der Waals surface area contributed by atoms with Crippen LogP contribution in [-0.4, -0.2) is 96.7 Å². The van der Waals surface area contributed by atoms with Crippen LogP contribution in [0.15, 0.2) is 48.5 Å². The van der Waals surface area contributed by atoms with E-state index in [4.69, 9.17) is 0 Å². The average Bonchev–Trinajstić information content (AvgIpc) is 3.02. The first-order valence-corrected chi connectivity index (χ1v) is 13.0. The zero-order valence-electron chi connectivity index (χ0n) is 22.3. The van der Waals surface area contributed by atoms with Crippen molar-refractivity contribution in [2.75, 3.05) is 54.9 Å². The zero-order chi connectivity index (χ0) is 30.2. The smallest absolute Gasteiger partial charge is 0.269 e. The standard InChI is InChI=1S/C25H31N9O8/c35-13-19(21(37)15-1-5-17(6-2-15)33(39)40)27-23-29-24(31-25(30-23)32-11-9-26-10-12-32)28-20(14-36)22(38)16-3-7-18(8-4-16)34(41)42/h1-8,19-22,26,35-38H,9-14H2,(H2,27,28,29,30,31)/t19-,20-,21-,22-/m0/s1. The molecule has 4 atom stereocenters. The molecule has 3 aromatic rings. The highest BCUT2D eigenvalue weighted by atomic mass is 16.6. The minimum Gasteiger partial charge on any atom is -0.394 e. The molecule has 0 saturated carbocycles. The SMILES string of the molecule is O=[N+]([O-])c1ccc([C@H](O)[C@H](CO)Nc2nc(N[C@@H](CO)[C@@H](O)c3ccc([N+](=O)[O-])cc3)nc(N3CCNCC3)n2)cc1. The monoisotopic (exact) mass is 585 g/mol. The van der Waals surface area contributed by atoms with Crippen LogP contribution in [-0.2, 0) is 0 Å². The van der Waals surface area contributed by atoms with Gasteiger partial charge in [-0.1, -0.05) is 0 Å². The number of anilines is 3. The van der Waals surface area contributed by atoms with Crippen LogP contribution in [0, 0.1) is 20.2 Å². The van der Waals surface area contributed by atoms with Gasteiger partial charge in [0.25, 0.3) is 11.4 Å². The fourth-order valence-electron chi connectivity index (χ4n) is 4.33. The van der Waals surface area contributed by atoms with Crippen molar-refractivity contribution >= 4 is 29.2 Å². The highest BCUT2D eigenvalue weighted by Crippen LogP contribution is 2.25. The Kier molecular flexibility index (Phi) is 10.0. The molecule has 1 fully saturated rings. The van der Waals surface area contributed by atoms with Crippen LogP contribution in [0.4, 0.5) is 29.2 Å². The summed E-state index contributed by atoms with van der Waals surface area (Å²) in [6.07, 6.45) is -2.58. The number of aliphatic hydroxyl groups excluding tert-OH is 4. The lowest BCUT2D eigenvalue weighted by Crippen LogP contribution is -2.44. The molecular weight excluding hydrogens is 554 g/mol. The van der Waals surface area contributed by atoms with Gasteiger partial charge in [-0.2, -0.15) is 15.0 Å². The van der Waals surface area contributed by atoms with Crippen molar-refractivity contribution in [3.8, 4) is 0 Å². The molecule has 17 heteroatoms. The average molecular weight is 586 g/mol. The third kappa shape index (κ3) is 7.39. The van der Waals surface area contributed by atoms with E-state index in [-0.39, 0.29) is 29.2 Å². The first-order chi connectivity index (χ1) is 20.2. The van der Waals surface area contributed by atoms with Crippen molar-refractivity contribution in [2.24, 2.45) is 0 Å². The van der Waals surface area contributed by atoms with Crippen molar-refractivity contribution in [2.45, 2.75) is 24.3 Å². The van der Waals surface area contributed by atoms with Gasteiger partial charge in [0.05, 0.1) is 35.1 Å². The summed E-state index contributed by atoms with van der Waals surface area (Å²) in [5.74, 6) is 0.213. The molecule has 42 heavy (non-hydrogen) atoms. The van der Waals surface area contributed by atoms with E-state index in [1.54, 1.807) is 0 Å². The summed E-state index contributed by atoms with van der Waals surface area (Å²) in [6.45, 7) is 1.40. The van der Waals surface area contributed by atoms with E-state index < -0.39 is 47.4 Å². The molecule has 2 aromatic carbocycles. The maximum atomic E-state index is 11.0. The molecule has 0 aliphatic carbocycles. The Labute approximate surface area is 239 Å². The van der Waals surface area contributed by atoms with Gasteiger partial charge in [-0.05, 0) is 35.4 Å². The van der Waals surface area contributed by atoms with Crippen LogP contribution in [0.25, 0.3) is 0 Å². The van der Waals surface area contributed by atoms with Crippen LogP contribution in [0.2, 0.25) is 0 Å². The van der Waals surface area contributed by atoms with Gasteiger partial charge in [0.1, 0.15) is 12.2 Å². The Balaban J connectivity index is 1.59. The highest BCUT2D eigenvalue weighted by Gasteiger charge is 2.26. The number of benzene rings is 2. The number of nitrogens with one attached hydrogen (secondary N) is 3. The first-order valence-electron chi connectivity index (χ1n) is 13.0. The molecule has 2 heterocycles. The molecule has 0 spiro atoms. The number of rotatable bonds is 13. The Hall–Kier alpha value is -4.55. The van der Waals surface area contributed by atoms with Crippen LogP contribution in [0.1, 0.15) is 23.3 Å². The number of aromatic nitrogens is 3. The molecule has 0 bridgehead atoms. The van der Waals surface area contributed by atoms with Gasteiger partial charge in [0.2, 0.25) is 17.8 Å². The lowest BCUT2D eigenvalue weighted by Gasteiger charge is -2.29. The number of piperazine rings is 1. The predicted octanol–water partition coefficient (Wildman–Crippen LogP) is 0.110. The second-order valence-corrected chi connectivity index (χ2v) is 9.47. The molecular formula is C25H31N9O8. The summed E-state index contributed by atoms with van der Waals surface area (Å²) >= 11 is 0. The second-order valence-electron chi connectivity index (χ2n) is 9.47. The zero-order valence-corrected chi connectivity index (χ0v) is 22.3. The van der Waals surface area contributed by atoms with Gasteiger partial charge in [-0.25, -0.2) is 0 Å². The summed E-state index contributed by atoms with van der Waals surface area (Å²) < 4.78 is 0. The summed E-state index contributed by atoms with van der Waals surface area (Å²) in [6, 6.07) is 8.45. The first kappa shape index (κ1) is 30.4. The van der Waals surface area contributed by atoms with Gasteiger partial charge in [-0.15, -0.1) is 0 Å². The molecule has 7 N–H and O–H groups in total. The van der Waals surface area contributed by atoms with Crippen LogP contribution in [0.5, 0.6) is 0 Å². The third-order valence-electron chi connectivity index (χ3n) is 6.70. The van der Waals surface area contributed by atoms with Crippen molar-refractivity contribution < 1.29 is 30.3 Å². The molecule has 224 valence electrons. The number of nitrogens with zero attached hydrogens (tertiary/aromatic N) is 6. The number of non-ortho nitro benzene ring substituents is 2. The van der Waals surface area contributed by atoms with E-state index in [2.05, 4.69) is 30.9 Å². The lowest BCUT2D eigenvalue weighted by molar-refractivity contribution is -0.385. The van der Waals surface area contributed by atoms with Gasteiger partial charge < -0.3 is 41.3 Å². The van der Waals surface area contributed by atoms with Gasteiger partial charge in [0.15, 0.2) is 0 Å². The maximum Gasteiger partial charge on any atom is 0.269 e. The molecule has 1 aliphatic rings. The fourth-order valence-corrected chi connectivity index (χ4v) is 4.33. The predicted molar refractivity (Wildman–Crippen MR) is 150 cm³/mol. The Morgan fingerprint density at radius 1 is 0.762 bits per heavy atom. The second kappa shape index (κ2) is 13.9. The molecule has 0 radical (unpaired) electrons. The summed E-state index contributed by atoms with van der Waals surface area (Å²) in [4.78, 5) is 35.9. The van der Waals surface area contributed by atoms with Crippen molar-refractivity contribution in [3.05, 3.63) is 79.9 Å². The van der Waals surface area contributed by atoms with Crippen LogP contribution in [0.3, 0.4) is 0 Å². The molecule has 0 amide bonds. The highest BCUT2D eigenvalue weighted by molar-refractivity contribution is 5.46. The van der Waals surface area contributed by atoms with Gasteiger partial charge >= 0.3 is 0 Å². The number of nitro groups is 2. The lowest BCUT2D eigenvalue weighted by atomic mass is 10.0. The topological polar surface area (TPSA) is 245 Å².